The van der Waals surface area contributed by atoms with Crippen molar-refractivity contribution in [1.82, 2.24) is 5.32 Å². The van der Waals surface area contributed by atoms with Crippen LogP contribution >= 0.6 is 27.3 Å². The Morgan fingerprint density at radius 1 is 1.47 bits per heavy atom. The molecular weight excluding hydrogens is 298 g/mol. The molecule has 0 aliphatic rings. The highest BCUT2D eigenvalue weighted by Gasteiger charge is 2.19. The van der Waals surface area contributed by atoms with E-state index in [4.69, 9.17) is 4.42 Å². The van der Waals surface area contributed by atoms with Gasteiger partial charge in [0.1, 0.15) is 11.5 Å². The third-order valence-corrected chi connectivity index (χ3v) is 4.41. The molecule has 4 heteroatoms. The summed E-state index contributed by atoms with van der Waals surface area (Å²) in [6.07, 6.45) is 0.933. The second-order valence-corrected chi connectivity index (χ2v) is 6.58. The molecule has 0 spiro atoms. The molecule has 1 N–H and O–H groups in total. The molecule has 0 bridgehead atoms. The van der Waals surface area contributed by atoms with Crippen LogP contribution in [0.25, 0.3) is 0 Å². The molecule has 0 saturated carbocycles. The number of hydrogen-bond acceptors (Lipinski definition) is 3. The van der Waals surface area contributed by atoms with Crippen molar-refractivity contribution in [2.24, 2.45) is 0 Å². The van der Waals surface area contributed by atoms with Crippen molar-refractivity contribution in [3.8, 4) is 0 Å². The predicted octanol–water partition coefficient (Wildman–Crippen LogP) is 4.28. The summed E-state index contributed by atoms with van der Waals surface area (Å²) >= 11 is 5.29. The van der Waals surface area contributed by atoms with E-state index in [-0.39, 0.29) is 6.04 Å². The van der Waals surface area contributed by atoms with Crippen molar-refractivity contribution in [1.29, 1.82) is 0 Å². The number of nitrogens with one attached hydrogen (secondary N) is 1. The van der Waals surface area contributed by atoms with E-state index in [1.54, 1.807) is 11.3 Å². The Balaban J connectivity index is 2.36. The number of hydrogen-bond donors (Lipinski definition) is 1. The number of halogens is 1. The van der Waals surface area contributed by atoms with Crippen LogP contribution in [0.1, 0.15) is 34.9 Å². The lowest BCUT2D eigenvalue weighted by molar-refractivity contribution is 0.434. The molecule has 2 nitrogen and oxygen atoms in total. The summed E-state index contributed by atoms with van der Waals surface area (Å²) in [6.45, 7) is 4.24. The number of furan rings is 1. The molecule has 2 rings (SSSR count). The first-order chi connectivity index (χ1) is 8.15. The maximum Gasteiger partial charge on any atom is 0.125 e. The first-order valence-electron chi connectivity index (χ1n) is 5.67. The van der Waals surface area contributed by atoms with Crippen LogP contribution in [0.5, 0.6) is 0 Å². The lowest BCUT2D eigenvalue weighted by Crippen LogP contribution is -2.17. The van der Waals surface area contributed by atoms with E-state index >= 15 is 0 Å². The number of rotatable bonds is 4. The van der Waals surface area contributed by atoms with Crippen LogP contribution in [-0.2, 0) is 6.42 Å². The average molecular weight is 314 g/mol. The standard InChI is InChI=1S/C13H16BrNOS/c1-4-9-5-6-11(16-9)13(15-3)10-7-12(14)17-8(10)2/h5-7,13,15H,4H2,1-3H3. The second-order valence-electron chi connectivity index (χ2n) is 3.94. The first kappa shape index (κ1) is 12.9. The molecule has 0 aliphatic heterocycles. The highest BCUT2D eigenvalue weighted by molar-refractivity contribution is 9.11. The van der Waals surface area contributed by atoms with Gasteiger partial charge in [-0.05, 0) is 53.7 Å². The Bertz CT molecular complexity index is 503. The van der Waals surface area contributed by atoms with Crippen molar-refractivity contribution < 1.29 is 4.42 Å². The van der Waals surface area contributed by atoms with Crippen LogP contribution in [0.3, 0.4) is 0 Å². The molecule has 0 saturated heterocycles. The van der Waals surface area contributed by atoms with Crippen molar-refractivity contribution in [3.63, 3.8) is 0 Å². The Kier molecular flexibility index (Phi) is 4.07. The van der Waals surface area contributed by atoms with Crippen LogP contribution in [0.2, 0.25) is 0 Å². The third-order valence-electron chi connectivity index (χ3n) is 2.84. The molecule has 2 aromatic rings. The van der Waals surface area contributed by atoms with Crippen molar-refractivity contribution in [2.75, 3.05) is 7.05 Å². The maximum atomic E-state index is 5.83. The zero-order chi connectivity index (χ0) is 12.4. The average Bonchev–Trinajstić information content (AvgIpc) is 2.88. The fourth-order valence-corrected chi connectivity index (χ4v) is 3.68. The van der Waals surface area contributed by atoms with Gasteiger partial charge in [-0.25, -0.2) is 0 Å². The molecule has 17 heavy (non-hydrogen) atoms. The number of thiophene rings is 1. The largest absolute Gasteiger partial charge is 0.464 e. The van der Waals surface area contributed by atoms with Crippen LogP contribution < -0.4 is 5.32 Å². The topological polar surface area (TPSA) is 25.2 Å². The smallest absolute Gasteiger partial charge is 0.125 e. The quantitative estimate of drug-likeness (QED) is 0.911. The monoisotopic (exact) mass is 313 g/mol. The second kappa shape index (κ2) is 5.38. The van der Waals surface area contributed by atoms with Gasteiger partial charge in [-0.1, -0.05) is 6.92 Å². The van der Waals surface area contributed by atoms with E-state index in [0.29, 0.717) is 0 Å². The Morgan fingerprint density at radius 3 is 2.71 bits per heavy atom. The summed E-state index contributed by atoms with van der Waals surface area (Å²) in [5, 5.41) is 3.32. The first-order valence-corrected chi connectivity index (χ1v) is 7.28. The highest BCUT2D eigenvalue weighted by Crippen LogP contribution is 2.34. The van der Waals surface area contributed by atoms with Gasteiger partial charge in [0.2, 0.25) is 0 Å². The van der Waals surface area contributed by atoms with E-state index in [0.717, 1.165) is 21.7 Å². The molecule has 2 aromatic heterocycles. The van der Waals surface area contributed by atoms with Gasteiger partial charge in [-0.3, -0.25) is 0 Å². The number of aryl methyl sites for hydroxylation is 2. The molecule has 92 valence electrons. The summed E-state index contributed by atoms with van der Waals surface area (Å²) in [5.41, 5.74) is 1.28. The van der Waals surface area contributed by atoms with Crippen LogP contribution in [0, 0.1) is 6.92 Å². The normalized spacial score (nSPS) is 12.9. The molecule has 0 aliphatic carbocycles. The van der Waals surface area contributed by atoms with Crippen LogP contribution in [-0.4, -0.2) is 7.05 Å². The summed E-state index contributed by atoms with van der Waals surface area (Å²) in [7, 11) is 1.96. The van der Waals surface area contributed by atoms with Gasteiger partial charge in [-0.2, -0.15) is 0 Å². The minimum absolute atomic E-state index is 0.137. The van der Waals surface area contributed by atoms with Crippen molar-refractivity contribution in [2.45, 2.75) is 26.3 Å². The van der Waals surface area contributed by atoms with E-state index < -0.39 is 0 Å². The Hall–Kier alpha value is -0.580. The van der Waals surface area contributed by atoms with Gasteiger partial charge in [0.15, 0.2) is 0 Å². The minimum Gasteiger partial charge on any atom is -0.464 e. The zero-order valence-corrected chi connectivity index (χ0v) is 12.6. The van der Waals surface area contributed by atoms with Gasteiger partial charge >= 0.3 is 0 Å². The Labute approximate surface area is 114 Å². The van der Waals surface area contributed by atoms with Crippen molar-refractivity contribution in [3.05, 3.63) is 43.9 Å². The molecule has 1 atom stereocenters. The van der Waals surface area contributed by atoms with E-state index in [1.807, 2.05) is 7.05 Å². The predicted molar refractivity (Wildman–Crippen MR) is 75.7 cm³/mol. The van der Waals surface area contributed by atoms with Crippen molar-refractivity contribution >= 4 is 27.3 Å². The van der Waals surface area contributed by atoms with Gasteiger partial charge in [0.05, 0.1) is 9.83 Å². The fraction of sp³-hybridized carbons (Fsp3) is 0.385. The molecule has 0 amide bonds. The lowest BCUT2D eigenvalue weighted by atomic mass is 10.1. The summed E-state index contributed by atoms with van der Waals surface area (Å²) in [5.74, 6) is 2.02. The van der Waals surface area contributed by atoms with E-state index in [1.165, 1.54) is 10.4 Å². The van der Waals surface area contributed by atoms with Crippen LogP contribution in [0.4, 0.5) is 0 Å². The SMILES string of the molecule is CCc1ccc(C(NC)c2cc(Br)sc2C)o1. The van der Waals surface area contributed by atoms with Gasteiger partial charge in [0, 0.05) is 11.3 Å². The van der Waals surface area contributed by atoms with Gasteiger partial charge in [0.25, 0.3) is 0 Å². The molecular formula is C13H16BrNOS. The fourth-order valence-electron chi connectivity index (χ4n) is 1.94. The molecule has 0 radical (unpaired) electrons. The van der Waals surface area contributed by atoms with Gasteiger partial charge < -0.3 is 9.73 Å². The molecule has 1 unspecified atom stereocenters. The summed E-state index contributed by atoms with van der Waals surface area (Å²) < 4.78 is 6.99. The van der Waals surface area contributed by atoms with Crippen LogP contribution in [0.15, 0.2) is 26.4 Å². The lowest BCUT2D eigenvalue weighted by Gasteiger charge is -2.13. The summed E-state index contributed by atoms with van der Waals surface area (Å²) in [4.78, 5) is 1.31. The Morgan fingerprint density at radius 2 is 2.24 bits per heavy atom. The van der Waals surface area contributed by atoms with E-state index in [9.17, 15) is 0 Å². The minimum atomic E-state index is 0.137. The zero-order valence-electron chi connectivity index (χ0n) is 10.2. The van der Waals surface area contributed by atoms with E-state index in [2.05, 4.69) is 53.3 Å². The highest BCUT2D eigenvalue weighted by atomic mass is 79.9. The van der Waals surface area contributed by atoms with Gasteiger partial charge in [-0.15, -0.1) is 11.3 Å². The molecule has 2 heterocycles. The maximum absolute atomic E-state index is 5.83. The molecule has 0 aromatic carbocycles. The summed E-state index contributed by atoms with van der Waals surface area (Å²) in [6, 6.07) is 6.41. The molecule has 0 fully saturated rings. The third kappa shape index (κ3) is 2.64.